The molecular formula is C21H22N2O3S2. The van der Waals surface area contributed by atoms with E-state index in [1.165, 1.54) is 18.1 Å². The van der Waals surface area contributed by atoms with Crippen molar-refractivity contribution in [1.29, 1.82) is 0 Å². The number of rotatable bonds is 4. The van der Waals surface area contributed by atoms with Gasteiger partial charge >= 0.3 is 0 Å². The number of Topliss-reactive ketones (excluding diaryl/α,β-unsaturated/α-hetero) is 1. The Kier molecular flexibility index (Phi) is 5.05. The van der Waals surface area contributed by atoms with Gasteiger partial charge in [-0.15, -0.1) is 0 Å². The highest BCUT2D eigenvalue weighted by Crippen LogP contribution is 2.36. The lowest BCUT2D eigenvalue weighted by Gasteiger charge is -2.26. The Labute approximate surface area is 169 Å². The van der Waals surface area contributed by atoms with E-state index in [1.54, 1.807) is 17.8 Å². The maximum atomic E-state index is 12.2. The average molecular weight is 415 g/mol. The fourth-order valence-corrected chi connectivity index (χ4v) is 6.56. The molecule has 0 N–H and O–H groups in total. The summed E-state index contributed by atoms with van der Waals surface area (Å²) in [4.78, 5) is 18.6. The minimum absolute atomic E-state index is 0.0116. The minimum Gasteiger partial charge on any atom is -0.315 e. The number of carbonyl (C=O) groups is 1. The van der Waals surface area contributed by atoms with E-state index in [0.717, 1.165) is 16.6 Å². The molecule has 0 amide bonds. The van der Waals surface area contributed by atoms with Crippen molar-refractivity contribution in [3.63, 3.8) is 0 Å². The largest absolute Gasteiger partial charge is 0.315 e. The van der Waals surface area contributed by atoms with E-state index in [-0.39, 0.29) is 29.4 Å². The third-order valence-corrected chi connectivity index (χ3v) is 7.86. The highest BCUT2D eigenvalue weighted by atomic mass is 32.2. The SMILES string of the molecule is CC(=O)c1cccc(N2C(SCc3ccc(C)cc3)=NC3CS(=O)(=O)CC32)c1. The molecule has 4 rings (SSSR count). The number of thioether (sulfide) groups is 1. The van der Waals surface area contributed by atoms with Gasteiger partial charge in [0.1, 0.15) is 0 Å². The molecule has 146 valence electrons. The second-order valence-electron chi connectivity index (χ2n) is 7.37. The lowest BCUT2D eigenvalue weighted by atomic mass is 10.1. The number of aryl methyl sites for hydroxylation is 1. The molecule has 7 heteroatoms. The Morgan fingerprint density at radius 2 is 1.93 bits per heavy atom. The molecular weight excluding hydrogens is 392 g/mol. The first-order valence-electron chi connectivity index (χ1n) is 9.19. The van der Waals surface area contributed by atoms with Gasteiger partial charge in [0.15, 0.2) is 20.8 Å². The number of benzene rings is 2. The van der Waals surface area contributed by atoms with Crippen molar-refractivity contribution in [2.24, 2.45) is 4.99 Å². The number of aliphatic imine (C=N–C) groups is 1. The quantitative estimate of drug-likeness (QED) is 0.717. The van der Waals surface area contributed by atoms with Gasteiger partial charge in [0, 0.05) is 17.0 Å². The summed E-state index contributed by atoms with van der Waals surface area (Å²) in [6.45, 7) is 3.59. The summed E-state index contributed by atoms with van der Waals surface area (Å²) >= 11 is 1.61. The van der Waals surface area contributed by atoms with Crippen molar-refractivity contribution >= 4 is 38.2 Å². The Morgan fingerprint density at radius 1 is 1.18 bits per heavy atom. The summed E-state index contributed by atoms with van der Waals surface area (Å²) in [5.41, 5.74) is 3.85. The number of carbonyl (C=O) groups excluding carboxylic acids is 1. The zero-order chi connectivity index (χ0) is 19.9. The molecule has 1 saturated heterocycles. The molecule has 0 bridgehead atoms. The van der Waals surface area contributed by atoms with E-state index < -0.39 is 9.84 Å². The molecule has 0 radical (unpaired) electrons. The van der Waals surface area contributed by atoms with Crippen molar-refractivity contribution in [1.82, 2.24) is 0 Å². The van der Waals surface area contributed by atoms with Gasteiger partial charge in [-0.3, -0.25) is 9.79 Å². The van der Waals surface area contributed by atoms with Gasteiger partial charge in [0.25, 0.3) is 0 Å². The molecule has 2 aliphatic rings. The highest BCUT2D eigenvalue weighted by Gasteiger charge is 2.47. The van der Waals surface area contributed by atoms with Crippen LogP contribution in [-0.2, 0) is 15.6 Å². The first-order valence-corrected chi connectivity index (χ1v) is 12.0. The van der Waals surface area contributed by atoms with Gasteiger partial charge in [0.05, 0.1) is 23.6 Å². The molecule has 2 aliphatic heterocycles. The van der Waals surface area contributed by atoms with Crippen molar-refractivity contribution in [3.8, 4) is 0 Å². The minimum atomic E-state index is -3.09. The number of hydrogen-bond acceptors (Lipinski definition) is 6. The summed E-state index contributed by atoms with van der Waals surface area (Å²) in [6.07, 6.45) is 0. The zero-order valence-electron chi connectivity index (χ0n) is 15.8. The lowest BCUT2D eigenvalue weighted by Crippen LogP contribution is -2.39. The van der Waals surface area contributed by atoms with Crippen LogP contribution < -0.4 is 4.90 Å². The standard InChI is InChI=1S/C21H22N2O3S2/c1-14-6-8-16(9-7-14)11-27-21-22-19-12-28(25,26)13-20(19)23(21)18-5-3-4-17(10-18)15(2)24/h3-10,19-20H,11-13H2,1-2H3. The van der Waals surface area contributed by atoms with E-state index >= 15 is 0 Å². The molecule has 2 aromatic carbocycles. The average Bonchev–Trinajstić information content (AvgIpc) is 3.12. The molecule has 0 aromatic heterocycles. The third kappa shape index (κ3) is 3.86. The van der Waals surface area contributed by atoms with Crippen molar-refractivity contribution in [3.05, 3.63) is 65.2 Å². The Morgan fingerprint density at radius 3 is 2.64 bits per heavy atom. The Hall–Kier alpha value is -2.12. The fraction of sp³-hybridized carbons (Fsp3) is 0.333. The lowest BCUT2D eigenvalue weighted by molar-refractivity contribution is 0.101. The zero-order valence-corrected chi connectivity index (χ0v) is 17.5. The third-order valence-electron chi connectivity index (χ3n) is 5.13. The van der Waals surface area contributed by atoms with Crippen molar-refractivity contribution < 1.29 is 13.2 Å². The second kappa shape index (κ2) is 7.37. The van der Waals surface area contributed by atoms with Gasteiger partial charge in [-0.2, -0.15) is 0 Å². The van der Waals surface area contributed by atoms with Crippen molar-refractivity contribution in [2.75, 3.05) is 16.4 Å². The van der Waals surface area contributed by atoms with Crippen LogP contribution in [-0.4, -0.2) is 43.0 Å². The van der Waals surface area contributed by atoms with Crippen LogP contribution in [0.25, 0.3) is 0 Å². The number of ketones is 1. The first-order chi connectivity index (χ1) is 13.3. The van der Waals surface area contributed by atoms with Crippen LogP contribution in [0, 0.1) is 6.92 Å². The van der Waals surface area contributed by atoms with E-state index in [4.69, 9.17) is 4.99 Å². The summed E-state index contributed by atoms with van der Waals surface area (Å²) in [7, 11) is -3.09. The van der Waals surface area contributed by atoms with Crippen LogP contribution >= 0.6 is 11.8 Å². The number of sulfone groups is 1. The molecule has 0 saturated carbocycles. The number of anilines is 1. The van der Waals surface area contributed by atoms with Gasteiger partial charge in [0.2, 0.25) is 0 Å². The van der Waals surface area contributed by atoms with Crippen LogP contribution in [0.15, 0.2) is 53.5 Å². The topological polar surface area (TPSA) is 66.8 Å². The van der Waals surface area contributed by atoms with Gasteiger partial charge in [-0.1, -0.05) is 53.7 Å². The van der Waals surface area contributed by atoms with Crippen molar-refractivity contribution in [2.45, 2.75) is 31.7 Å². The predicted molar refractivity (Wildman–Crippen MR) is 115 cm³/mol. The predicted octanol–water partition coefficient (Wildman–Crippen LogP) is 3.47. The molecule has 2 heterocycles. The molecule has 2 aromatic rings. The molecule has 0 aliphatic carbocycles. The second-order valence-corrected chi connectivity index (χ2v) is 10.5. The number of hydrogen-bond donors (Lipinski definition) is 0. The van der Waals surface area contributed by atoms with E-state index in [9.17, 15) is 13.2 Å². The Bertz CT molecular complexity index is 1050. The van der Waals surface area contributed by atoms with Crippen LogP contribution in [0.2, 0.25) is 0 Å². The number of nitrogens with zero attached hydrogens (tertiary/aromatic N) is 2. The summed E-state index contributed by atoms with van der Waals surface area (Å²) in [5, 5.41) is 0.825. The normalized spacial score (nSPS) is 22.8. The van der Waals surface area contributed by atoms with Crippen LogP contribution in [0.4, 0.5) is 5.69 Å². The monoisotopic (exact) mass is 414 g/mol. The first kappa shape index (κ1) is 19.2. The van der Waals surface area contributed by atoms with E-state index in [2.05, 4.69) is 31.2 Å². The smallest absolute Gasteiger partial charge is 0.164 e. The van der Waals surface area contributed by atoms with Crippen LogP contribution in [0.5, 0.6) is 0 Å². The maximum absolute atomic E-state index is 12.2. The van der Waals surface area contributed by atoms with E-state index in [0.29, 0.717) is 5.56 Å². The summed E-state index contributed by atoms with van der Waals surface area (Å²) < 4.78 is 24.3. The van der Waals surface area contributed by atoms with Crippen LogP contribution in [0.1, 0.15) is 28.4 Å². The highest BCUT2D eigenvalue weighted by molar-refractivity contribution is 8.13. The molecule has 1 fully saturated rings. The van der Waals surface area contributed by atoms with E-state index in [1.807, 2.05) is 23.1 Å². The summed E-state index contributed by atoms with van der Waals surface area (Å²) in [5.74, 6) is 0.936. The summed E-state index contributed by atoms with van der Waals surface area (Å²) in [6, 6.07) is 15.3. The molecule has 5 nitrogen and oxygen atoms in total. The van der Waals surface area contributed by atoms with Gasteiger partial charge in [-0.05, 0) is 31.5 Å². The van der Waals surface area contributed by atoms with Crippen LogP contribution in [0.3, 0.4) is 0 Å². The Balaban J connectivity index is 1.64. The molecule has 28 heavy (non-hydrogen) atoms. The number of fused-ring (bicyclic) bond motifs is 1. The maximum Gasteiger partial charge on any atom is 0.164 e. The van der Waals surface area contributed by atoms with Gasteiger partial charge in [-0.25, -0.2) is 8.42 Å². The molecule has 2 unspecified atom stereocenters. The van der Waals surface area contributed by atoms with Gasteiger partial charge < -0.3 is 4.90 Å². The molecule has 0 spiro atoms. The fourth-order valence-electron chi connectivity index (χ4n) is 3.64. The molecule has 2 atom stereocenters. The number of amidine groups is 1.